The van der Waals surface area contributed by atoms with Crippen LogP contribution in [0.15, 0.2) is 53.6 Å². The number of aromatic nitrogens is 4. The summed E-state index contributed by atoms with van der Waals surface area (Å²) in [5, 5.41) is 5.45. The fourth-order valence-electron chi connectivity index (χ4n) is 4.40. The summed E-state index contributed by atoms with van der Waals surface area (Å²) in [5.74, 6) is 0.516. The van der Waals surface area contributed by atoms with Crippen molar-refractivity contribution < 1.29 is 0 Å². The normalized spacial score (nSPS) is 16.1. The topological polar surface area (TPSA) is 55.4 Å². The lowest BCUT2D eigenvalue weighted by atomic mass is 9.90. The quantitative estimate of drug-likeness (QED) is 0.540. The van der Waals surface area contributed by atoms with E-state index in [2.05, 4.69) is 23.0 Å². The van der Waals surface area contributed by atoms with E-state index in [1.54, 1.807) is 15.1 Å². The van der Waals surface area contributed by atoms with Gasteiger partial charge in [-0.25, -0.2) is 4.98 Å². The van der Waals surface area contributed by atoms with E-state index in [4.69, 9.17) is 4.98 Å². The zero-order valence-electron chi connectivity index (χ0n) is 16.9. The zero-order valence-corrected chi connectivity index (χ0v) is 16.9. The van der Waals surface area contributed by atoms with Gasteiger partial charge in [-0.3, -0.25) is 13.9 Å². The highest BCUT2D eigenvalue weighted by atomic mass is 16.1. The Kier molecular flexibility index (Phi) is 4.43. The van der Waals surface area contributed by atoms with Crippen LogP contribution in [0.4, 0.5) is 0 Å². The maximum absolute atomic E-state index is 12.9. The second-order valence-electron chi connectivity index (χ2n) is 7.96. The largest absolute Gasteiger partial charge is 0.304 e. The molecule has 1 aliphatic rings. The molecule has 4 aromatic rings. The van der Waals surface area contributed by atoms with Crippen molar-refractivity contribution >= 4 is 16.6 Å². The predicted molar refractivity (Wildman–Crippen MR) is 115 cm³/mol. The Morgan fingerprint density at radius 1 is 1.07 bits per heavy atom. The van der Waals surface area contributed by atoms with Crippen molar-refractivity contribution in [1.29, 1.82) is 0 Å². The molecule has 1 aliphatic heterocycles. The van der Waals surface area contributed by atoms with Crippen LogP contribution >= 0.6 is 0 Å². The van der Waals surface area contributed by atoms with Crippen LogP contribution in [0, 0.1) is 0 Å². The fourth-order valence-corrected chi connectivity index (χ4v) is 4.40. The molecule has 0 atom stereocenters. The lowest BCUT2D eigenvalue weighted by Crippen LogP contribution is -2.32. The summed E-state index contributed by atoms with van der Waals surface area (Å²) >= 11 is 0. The maximum atomic E-state index is 12.9. The molecule has 1 saturated heterocycles. The minimum Gasteiger partial charge on any atom is -0.304 e. The van der Waals surface area contributed by atoms with Crippen molar-refractivity contribution in [2.75, 3.05) is 19.6 Å². The summed E-state index contributed by atoms with van der Waals surface area (Å²) in [6.07, 6.45) is 6.25. The molecule has 0 unspecified atom stereocenters. The number of pyridine rings is 1. The van der Waals surface area contributed by atoms with Crippen LogP contribution in [0.5, 0.6) is 0 Å². The number of hydrogen-bond donors (Lipinski definition) is 0. The van der Waals surface area contributed by atoms with Crippen LogP contribution in [-0.2, 0) is 7.05 Å². The molecule has 0 saturated carbocycles. The van der Waals surface area contributed by atoms with Gasteiger partial charge in [-0.15, -0.1) is 0 Å². The number of piperidine rings is 1. The first-order chi connectivity index (χ1) is 14.1. The lowest BCUT2D eigenvalue weighted by Gasteiger charge is -2.31. The van der Waals surface area contributed by atoms with Crippen molar-refractivity contribution in [3.8, 4) is 11.3 Å². The Morgan fingerprint density at radius 3 is 2.69 bits per heavy atom. The van der Waals surface area contributed by atoms with Gasteiger partial charge in [-0.1, -0.05) is 19.1 Å². The molecule has 0 aliphatic carbocycles. The molecule has 4 heterocycles. The van der Waals surface area contributed by atoms with E-state index in [-0.39, 0.29) is 5.56 Å². The third-order valence-corrected chi connectivity index (χ3v) is 6.10. The number of hydrogen-bond acceptors (Lipinski definition) is 4. The highest BCUT2D eigenvalue weighted by Crippen LogP contribution is 2.28. The second-order valence-corrected chi connectivity index (χ2v) is 7.96. The molecule has 3 aromatic heterocycles. The van der Waals surface area contributed by atoms with Gasteiger partial charge in [0.05, 0.1) is 11.2 Å². The molecule has 148 valence electrons. The minimum absolute atomic E-state index is 0.0378. The van der Waals surface area contributed by atoms with Gasteiger partial charge in [0.2, 0.25) is 0 Å². The average Bonchev–Trinajstić information content (AvgIpc) is 3.12. The molecule has 0 amide bonds. The van der Waals surface area contributed by atoms with Gasteiger partial charge in [0.15, 0.2) is 0 Å². The number of aryl methyl sites for hydroxylation is 1. The van der Waals surface area contributed by atoms with Gasteiger partial charge in [-0.2, -0.15) is 5.10 Å². The van der Waals surface area contributed by atoms with Crippen molar-refractivity contribution in [2.45, 2.75) is 25.7 Å². The summed E-state index contributed by atoms with van der Waals surface area (Å²) in [5.41, 5.74) is 4.46. The van der Waals surface area contributed by atoms with Crippen molar-refractivity contribution in [1.82, 2.24) is 24.1 Å². The molecule has 5 rings (SSSR count). The van der Waals surface area contributed by atoms with Crippen LogP contribution in [0.1, 0.15) is 31.2 Å². The number of nitrogens with zero attached hydrogens (tertiary/aromatic N) is 5. The molecule has 6 nitrogen and oxygen atoms in total. The van der Waals surface area contributed by atoms with Gasteiger partial charge < -0.3 is 4.90 Å². The summed E-state index contributed by atoms with van der Waals surface area (Å²) in [4.78, 5) is 20.1. The summed E-state index contributed by atoms with van der Waals surface area (Å²) in [6.45, 7) is 5.58. The van der Waals surface area contributed by atoms with Gasteiger partial charge in [0.25, 0.3) is 5.56 Å². The Morgan fingerprint density at radius 2 is 1.90 bits per heavy atom. The SMILES string of the molecule is CCN1CCC(c2ccc3nc(-c4ccc5nn(C)cc5c4)cc(=O)n3c2)CC1. The highest BCUT2D eigenvalue weighted by Gasteiger charge is 2.20. The monoisotopic (exact) mass is 387 g/mol. The molecule has 0 spiro atoms. The molecule has 1 aromatic carbocycles. The summed E-state index contributed by atoms with van der Waals surface area (Å²) in [6, 6.07) is 11.7. The van der Waals surface area contributed by atoms with Crippen molar-refractivity contribution in [3.05, 3.63) is 64.7 Å². The van der Waals surface area contributed by atoms with E-state index in [1.807, 2.05) is 43.7 Å². The van der Waals surface area contributed by atoms with Gasteiger partial charge >= 0.3 is 0 Å². The van der Waals surface area contributed by atoms with Crippen molar-refractivity contribution in [2.24, 2.45) is 7.05 Å². The first kappa shape index (κ1) is 18.1. The molecule has 0 N–H and O–H groups in total. The predicted octanol–water partition coefficient (Wildman–Crippen LogP) is 3.45. The van der Waals surface area contributed by atoms with E-state index < -0.39 is 0 Å². The van der Waals surface area contributed by atoms with Crippen LogP contribution in [0.25, 0.3) is 27.8 Å². The number of fused-ring (bicyclic) bond motifs is 2. The molecule has 0 bridgehead atoms. The highest BCUT2D eigenvalue weighted by molar-refractivity contribution is 5.83. The summed E-state index contributed by atoms with van der Waals surface area (Å²) < 4.78 is 3.48. The minimum atomic E-state index is -0.0378. The first-order valence-corrected chi connectivity index (χ1v) is 10.3. The Labute approximate surface area is 169 Å². The molecule has 6 heteroatoms. The van der Waals surface area contributed by atoms with Gasteiger partial charge in [0.1, 0.15) is 5.65 Å². The van der Waals surface area contributed by atoms with Crippen LogP contribution in [-0.4, -0.2) is 43.7 Å². The number of likely N-dealkylation sites (tertiary alicyclic amines) is 1. The zero-order chi connectivity index (χ0) is 20.0. The van der Waals surface area contributed by atoms with E-state index in [0.717, 1.165) is 48.9 Å². The third-order valence-electron chi connectivity index (χ3n) is 6.10. The Balaban J connectivity index is 1.50. The van der Waals surface area contributed by atoms with Gasteiger partial charge in [0, 0.05) is 36.5 Å². The molecule has 29 heavy (non-hydrogen) atoms. The van der Waals surface area contributed by atoms with E-state index >= 15 is 0 Å². The number of benzene rings is 1. The molecule has 0 radical (unpaired) electrons. The third kappa shape index (κ3) is 3.34. The van der Waals surface area contributed by atoms with Crippen LogP contribution in [0.3, 0.4) is 0 Å². The van der Waals surface area contributed by atoms with E-state index in [1.165, 1.54) is 5.56 Å². The lowest BCUT2D eigenvalue weighted by molar-refractivity contribution is 0.222. The Hall–Kier alpha value is -2.99. The number of rotatable bonds is 3. The molecular formula is C23H25N5O. The van der Waals surface area contributed by atoms with Crippen LogP contribution < -0.4 is 5.56 Å². The fraction of sp³-hybridized carbons (Fsp3) is 0.348. The van der Waals surface area contributed by atoms with E-state index in [0.29, 0.717) is 17.3 Å². The second kappa shape index (κ2) is 7.12. The van der Waals surface area contributed by atoms with Crippen LogP contribution in [0.2, 0.25) is 0 Å². The molecular weight excluding hydrogens is 362 g/mol. The standard InChI is InChI=1S/C23H25N5O/c1-3-27-10-8-16(9-11-27)18-5-7-22-24-21(13-23(29)28(22)15-18)17-4-6-20-19(12-17)14-26(2)25-20/h4-7,12-16H,3,8-11H2,1-2H3. The smallest absolute Gasteiger partial charge is 0.258 e. The first-order valence-electron chi connectivity index (χ1n) is 10.3. The summed E-state index contributed by atoms with van der Waals surface area (Å²) in [7, 11) is 1.91. The van der Waals surface area contributed by atoms with Crippen molar-refractivity contribution in [3.63, 3.8) is 0 Å². The van der Waals surface area contributed by atoms with Gasteiger partial charge in [-0.05, 0) is 62.2 Å². The van der Waals surface area contributed by atoms with E-state index in [9.17, 15) is 4.79 Å². The maximum Gasteiger partial charge on any atom is 0.258 e. The Bertz CT molecular complexity index is 1250. The molecule has 1 fully saturated rings. The average molecular weight is 387 g/mol.